The highest BCUT2D eigenvalue weighted by Gasteiger charge is 2.00. The maximum absolute atomic E-state index is 10.6. The molecule has 0 aliphatic heterocycles. The molecule has 0 aromatic heterocycles. The normalized spacial score (nSPS) is 9.88. The fraction of sp³-hybridized carbons (Fsp3) is 0.207. The van der Waals surface area contributed by atoms with Crippen molar-refractivity contribution in [1.29, 1.82) is 0 Å². The van der Waals surface area contributed by atoms with Gasteiger partial charge in [-0.2, -0.15) is 0 Å². The summed E-state index contributed by atoms with van der Waals surface area (Å²) in [5.74, 6) is -0.117. The lowest BCUT2D eigenvalue weighted by Gasteiger charge is -2.05. The molecule has 3 aromatic carbocycles. The highest BCUT2D eigenvalue weighted by atomic mass is 16.3. The summed E-state index contributed by atoms with van der Waals surface area (Å²) in [7, 11) is 0. The summed E-state index contributed by atoms with van der Waals surface area (Å²) < 4.78 is 0. The number of aryl methyl sites for hydroxylation is 1. The number of aromatic hydroxyl groups is 2. The second-order valence-corrected chi connectivity index (χ2v) is 7.34. The summed E-state index contributed by atoms with van der Waals surface area (Å²) in [6, 6.07) is 22.0. The number of rotatable bonds is 5. The molecule has 0 aliphatic carbocycles. The Hall–Kier alpha value is -3.59. The van der Waals surface area contributed by atoms with Crippen LogP contribution in [0.3, 0.4) is 0 Å². The standard InChI is InChI=1S/C17H16O2.C8H8O.C4H10/c1-12-5-3-4-6-15(12)13(2)7-8-14-9-10-16(18)17(19)11-14;1-7(9)8-5-3-2-4-6-8;1-3-4-2/h3-11,18-19H,2H2,1H3;2-6H,1H3;3-4H2,1-2H3/b8-7+;;. The predicted molar refractivity (Wildman–Crippen MR) is 136 cm³/mol. The third kappa shape index (κ3) is 9.48. The van der Waals surface area contributed by atoms with Gasteiger partial charge in [0.25, 0.3) is 0 Å². The first-order chi connectivity index (χ1) is 15.3. The van der Waals surface area contributed by atoms with Gasteiger partial charge < -0.3 is 10.2 Å². The van der Waals surface area contributed by atoms with Crippen molar-refractivity contribution in [2.75, 3.05) is 0 Å². The predicted octanol–water partition coefficient (Wildman–Crippen LogP) is 7.83. The molecule has 0 saturated heterocycles. The number of carbonyl (C=O) groups excluding carboxylic acids is 1. The summed E-state index contributed by atoms with van der Waals surface area (Å²) in [5.41, 5.74) is 4.76. The summed E-state index contributed by atoms with van der Waals surface area (Å²) in [4.78, 5) is 10.6. The van der Waals surface area contributed by atoms with Gasteiger partial charge in [-0.25, -0.2) is 0 Å². The van der Waals surface area contributed by atoms with Crippen molar-refractivity contribution in [3.8, 4) is 11.5 Å². The number of carbonyl (C=O) groups is 1. The molecule has 3 heteroatoms. The molecule has 0 radical (unpaired) electrons. The van der Waals surface area contributed by atoms with Gasteiger partial charge in [-0.15, -0.1) is 0 Å². The van der Waals surface area contributed by atoms with Crippen LogP contribution in [-0.2, 0) is 0 Å². The zero-order chi connectivity index (χ0) is 23.9. The van der Waals surface area contributed by atoms with Gasteiger partial charge in [-0.3, -0.25) is 4.79 Å². The quantitative estimate of drug-likeness (QED) is 0.246. The molecular weight excluding hydrogens is 396 g/mol. The Balaban J connectivity index is 0.000000326. The van der Waals surface area contributed by atoms with Crippen molar-refractivity contribution in [1.82, 2.24) is 0 Å². The third-order valence-corrected chi connectivity index (χ3v) is 4.65. The number of Topliss-reactive ketones (excluding diaryl/α,β-unsaturated/α-hetero) is 1. The van der Waals surface area contributed by atoms with Crippen LogP contribution in [0.5, 0.6) is 11.5 Å². The monoisotopic (exact) mass is 430 g/mol. The molecule has 0 amide bonds. The van der Waals surface area contributed by atoms with Gasteiger partial charge in [-0.1, -0.05) is 106 Å². The number of phenolic OH excluding ortho intramolecular Hbond substituents is 2. The lowest BCUT2D eigenvalue weighted by Crippen LogP contribution is -1.88. The van der Waals surface area contributed by atoms with E-state index in [1.807, 2.05) is 73.7 Å². The molecule has 3 rings (SSSR count). The van der Waals surface area contributed by atoms with E-state index in [4.69, 9.17) is 0 Å². The number of unbranched alkanes of at least 4 members (excludes halogenated alkanes) is 1. The highest BCUT2D eigenvalue weighted by Crippen LogP contribution is 2.26. The summed E-state index contributed by atoms with van der Waals surface area (Å²) in [6.45, 7) is 12.0. The minimum absolute atomic E-state index is 0.116. The molecule has 32 heavy (non-hydrogen) atoms. The average molecular weight is 431 g/mol. The van der Waals surface area contributed by atoms with E-state index in [0.29, 0.717) is 0 Å². The van der Waals surface area contributed by atoms with Gasteiger partial charge in [0.1, 0.15) is 0 Å². The van der Waals surface area contributed by atoms with Gasteiger partial charge >= 0.3 is 0 Å². The molecule has 0 bridgehead atoms. The fourth-order valence-electron chi connectivity index (χ4n) is 2.54. The van der Waals surface area contributed by atoms with Crippen molar-refractivity contribution in [2.24, 2.45) is 0 Å². The lowest BCUT2D eigenvalue weighted by atomic mass is 10.0. The second-order valence-electron chi connectivity index (χ2n) is 7.34. The molecular formula is C29H34O3. The summed E-state index contributed by atoms with van der Waals surface area (Å²) in [6.07, 6.45) is 6.39. The Morgan fingerprint density at radius 2 is 1.47 bits per heavy atom. The second kappa shape index (κ2) is 14.4. The third-order valence-electron chi connectivity index (χ3n) is 4.65. The Kier molecular flexibility index (Phi) is 11.9. The van der Waals surface area contributed by atoms with Crippen molar-refractivity contribution in [3.05, 3.63) is 108 Å². The zero-order valence-corrected chi connectivity index (χ0v) is 19.5. The van der Waals surface area contributed by atoms with Crippen LogP contribution in [0, 0.1) is 6.92 Å². The van der Waals surface area contributed by atoms with Crippen molar-refractivity contribution >= 4 is 17.4 Å². The molecule has 0 unspecified atom stereocenters. The van der Waals surface area contributed by atoms with E-state index in [1.54, 1.807) is 13.0 Å². The fourth-order valence-corrected chi connectivity index (χ4v) is 2.54. The lowest BCUT2D eigenvalue weighted by molar-refractivity contribution is 0.101. The van der Waals surface area contributed by atoms with Crippen LogP contribution in [0.2, 0.25) is 0 Å². The number of hydrogen-bond donors (Lipinski definition) is 2. The molecule has 0 aliphatic rings. The molecule has 0 saturated carbocycles. The summed E-state index contributed by atoms with van der Waals surface area (Å²) in [5, 5.41) is 18.7. The molecule has 0 heterocycles. The van der Waals surface area contributed by atoms with E-state index in [9.17, 15) is 15.0 Å². The van der Waals surface area contributed by atoms with Crippen molar-refractivity contribution < 1.29 is 15.0 Å². The Morgan fingerprint density at radius 3 is 1.97 bits per heavy atom. The molecule has 2 N–H and O–H groups in total. The highest BCUT2D eigenvalue weighted by molar-refractivity contribution is 5.93. The van der Waals surface area contributed by atoms with E-state index in [-0.39, 0.29) is 17.3 Å². The first-order valence-electron chi connectivity index (χ1n) is 10.8. The number of benzene rings is 3. The zero-order valence-electron chi connectivity index (χ0n) is 19.5. The van der Waals surface area contributed by atoms with E-state index in [0.717, 1.165) is 22.3 Å². The van der Waals surface area contributed by atoms with Crippen LogP contribution >= 0.6 is 0 Å². The van der Waals surface area contributed by atoms with E-state index >= 15 is 0 Å². The van der Waals surface area contributed by atoms with Crippen LogP contribution in [0.25, 0.3) is 11.6 Å². The first kappa shape index (κ1) is 26.4. The number of hydrogen-bond acceptors (Lipinski definition) is 3. The van der Waals surface area contributed by atoms with Crippen molar-refractivity contribution in [3.63, 3.8) is 0 Å². The number of phenols is 2. The van der Waals surface area contributed by atoms with E-state index in [1.165, 1.54) is 30.5 Å². The Bertz CT molecular complexity index is 1020. The molecule has 168 valence electrons. The topological polar surface area (TPSA) is 57.5 Å². The van der Waals surface area contributed by atoms with Crippen LogP contribution in [0.4, 0.5) is 0 Å². The van der Waals surface area contributed by atoms with Crippen molar-refractivity contribution in [2.45, 2.75) is 40.5 Å². The molecule has 3 nitrogen and oxygen atoms in total. The Labute approximate surface area is 192 Å². The number of ketones is 1. The van der Waals surface area contributed by atoms with Gasteiger partial charge in [-0.05, 0) is 48.2 Å². The van der Waals surface area contributed by atoms with Gasteiger partial charge in [0.2, 0.25) is 0 Å². The molecule has 0 spiro atoms. The Morgan fingerprint density at radius 1 is 0.875 bits per heavy atom. The maximum atomic E-state index is 10.6. The van der Waals surface area contributed by atoms with Crippen LogP contribution in [-0.4, -0.2) is 16.0 Å². The van der Waals surface area contributed by atoms with Crippen LogP contribution in [0.1, 0.15) is 60.7 Å². The van der Waals surface area contributed by atoms with E-state index in [2.05, 4.69) is 20.4 Å². The minimum Gasteiger partial charge on any atom is -0.504 e. The SMILES string of the molecule is C=C(/C=C/c1ccc(O)c(O)c1)c1ccccc1C.CC(=O)c1ccccc1.CCCC. The van der Waals surface area contributed by atoms with Crippen LogP contribution in [0.15, 0.2) is 85.5 Å². The van der Waals surface area contributed by atoms with Gasteiger partial charge in [0.05, 0.1) is 0 Å². The number of allylic oxidation sites excluding steroid dienone is 2. The maximum Gasteiger partial charge on any atom is 0.159 e. The van der Waals surface area contributed by atoms with Crippen LogP contribution < -0.4 is 0 Å². The first-order valence-corrected chi connectivity index (χ1v) is 10.8. The minimum atomic E-state index is -0.122. The summed E-state index contributed by atoms with van der Waals surface area (Å²) >= 11 is 0. The van der Waals surface area contributed by atoms with Gasteiger partial charge in [0.15, 0.2) is 17.3 Å². The van der Waals surface area contributed by atoms with E-state index < -0.39 is 0 Å². The van der Waals surface area contributed by atoms with Gasteiger partial charge in [0, 0.05) is 5.56 Å². The molecule has 0 atom stereocenters. The average Bonchev–Trinajstić information content (AvgIpc) is 2.81. The smallest absolute Gasteiger partial charge is 0.159 e. The molecule has 3 aromatic rings. The molecule has 0 fully saturated rings. The largest absolute Gasteiger partial charge is 0.504 e.